The van der Waals surface area contributed by atoms with Crippen LogP contribution in [-0.2, 0) is 17.4 Å². The Bertz CT molecular complexity index is 1650. The van der Waals surface area contributed by atoms with Gasteiger partial charge in [-0.3, -0.25) is 4.79 Å². The number of tetrazole rings is 1. The molecular weight excluding hydrogens is 510 g/mol. The number of carbonyl (C=O) groups is 1. The molecule has 2 atom stereocenters. The zero-order chi connectivity index (χ0) is 28.0. The van der Waals surface area contributed by atoms with Gasteiger partial charge in [-0.05, 0) is 48.2 Å². The highest BCUT2D eigenvalue weighted by Crippen LogP contribution is 2.35. The molecule has 3 aromatic heterocycles. The van der Waals surface area contributed by atoms with Crippen molar-refractivity contribution in [3.8, 4) is 11.4 Å². The van der Waals surface area contributed by atoms with Crippen LogP contribution in [0.4, 0.5) is 5.95 Å². The summed E-state index contributed by atoms with van der Waals surface area (Å²) in [6.45, 7) is 5.11. The summed E-state index contributed by atoms with van der Waals surface area (Å²) in [6.07, 6.45) is 1.98. The van der Waals surface area contributed by atoms with Crippen LogP contribution in [0.5, 0.6) is 0 Å². The summed E-state index contributed by atoms with van der Waals surface area (Å²) in [5.41, 5.74) is 9.80. The Hall–Kier alpha value is -4.65. The van der Waals surface area contributed by atoms with Crippen LogP contribution in [0.2, 0.25) is 0 Å². The predicted molar refractivity (Wildman–Crippen MR) is 147 cm³/mol. The average Bonchev–Trinajstić information content (AvgIpc) is 3.79. The molecule has 0 saturated carbocycles. The highest BCUT2D eigenvalue weighted by Gasteiger charge is 2.44. The quantitative estimate of drug-likeness (QED) is 0.313. The number of imidazole rings is 1. The number of nitrogens with one attached hydrogen (secondary N) is 1. The number of aryl methyl sites for hydroxylation is 2. The number of nitrogens with two attached hydrogens (primary N) is 1. The summed E-state index contributed by atoms with van der Waals surface area (Å²) in [5, 5.41) is 18.4. The van der Waals surface area contributed by atoms with E-state index in [2.05, 4.69) is 30.8 Å². The molecule has 40 heavy (non-hydrogen) atoms. The molecule has 6 rings (SSSR count). The number of aromatic amines is 1. The Morgan fingerprint density at radius 1 is 1.15 bits per heavy atom. The van der Waals surface area contributed by atoms with Gasteiger partial charge in [0.2, 0.25) is 11.7 Å². The molecule has 2 unspecified atom stereocenters. The summed E-state index contributed by atoms with van der Waals surface area (Å²) in [6, 6.07) is 13.2. The number of carbonyl (C=O) groups excluding carboxylic acids is 1. The lowest BCUT2D eigenvalue weighted by molar-refractivity contribution is -0.135. The Morgan fingerprint density at radius 2 is 1.90 bits per heavy atom. The topological polar surface area (TPSA) is 161 Å². The number of likely N-dealkylation sites (tertiary alicyclic amines) is 1. The number of anilines is 1. The number of nitrogens with zero attached hydrogens (tertiary/aromatic N) is 9. The number of likely N-dealkylation sites (N-methyl/N-ethyl adjacent to an activating group) is 1. The van der Waals surface area contributed by atoms with E-state index in [4.69, 9.17) is 15.2 Å². The maximum Gasteiger partial charge on any atom is 0.266 e. The summed E-state index contributed by atoms with van der Waals surface area (Å²) < 4.78 is 7.08. The molecule has 1 aliphatic heterocycles. The first kappa shape index (κ1) is 25.6. The third-order valence-electron chi connectivity index (χ3n) is 7.93. The lowest BCUT2D eigenvalue weighted by Gasteiger charge is -2.39. The van der Waals surface area contributed by atoms with Crippen molar-refractivity contribution in [1.29, 1.82) is 0 Å². The molecule has 0 aliphatic carbocycles. The van der Waals surface area contributed by atoms with Gasteiger partial charge in [-0.25, -0.2) is 4.98 Å². The Kier molecular flexibility index (Phi) is 6.29. The van der Waals surface area contributed by atoms with E-state index in [0.717, 1.165) is 53.7 Å². The Morgan fingerprint density at radius 3 is 2.55 bits per heavy atom. The van der Waals surface area contributed by atoms with Gasteiger partial charge in [0.05, 0.1) is 17.1 Å². The SMILES string of the molecule is Cc1nc(-c2ccc(C(N)c3nc4cc(C(C)(C(=O)N5CCCC5)N(C)c5nn[nH]n5)ccc4n3C)cc2)no1. The van der Waals surface area contributed by atoms with Crippen molar-refractivity contribution in [2.75, 3.05) is 25.0 Å². The van der Waals surface area contributed by atoms with E-state index in [1.54, 1.807) is 11.8 Å². The van der Waals surface area contributed by atoms with E-state index in [1.807, 2.05) is 73.0 Å². The van der Waals surface area contributed by atoms with Gasteiger partial charge in [0.15, 0.2) is 0 Å². The molecule has 1 fully saturated rings. The third-order valence-corrected chi connectivity index (χ3v) is 7.93. The van der Waals surface area contributed by atoms with Crippen LogP contribution < -0.4 is 10.6 Å². The third kappa shape index (κ3) is 4.18. The minimum atomic E-state index is -1.08. The minimum absolute atomic E-state index is 0.0126. The monoisotopic (exact) mass is 541 g/mol. The van der Waals surface area contributed by atoms with Crippen molar-refractivity contribution in [1.82, 2.24) is 45.2 Å². The van der Waals surface area contributed by atoms with Gasteiger partial charge < -0.3 is 24.6 Å². The number of aromatic nitrogens is 8. The number of hydrogen-bond acceptors (Lipinski definition) is 10. The lowest BCUT2D eigenvalue weighted by Crippen LogP contribution is -2.54. The van der Waals surface area contributed by atoms with Crippen molar-refractivity contribution in [2.45, 2.75) is 38.3 Å². The molecule has 0 bridgehead atoms. The van der Waals surface area contributed by atoms with E-state index in [-0.39, 0.29) is 5.91 Å². The predicted octanol–water partition coefficient (Wildman–Crippen LogP) is 2.47. The van der Waals surface area contributed by atoms with Gasteiger partial charge in [-0.15, -0.1) is 5.10 Å². The lowest BCUT2D eigenvalue weighted by atomic mass is 9.88. The van der Waals surface area contributed by atoms with Crippen molar-refractivity contribution >= 4 is 22.9 Å². The Balaban J connectivity index is 1.36. The molecule has 5 aromatic rings. The summed E-state index contributed by atoms with van der Waals surface area (Å²) in [5.74, 6) is 2.07. The van der Waals surface area contributed by atoms with E-state index in [0.29, 0.717) is 23.5 Å². The van der Waals surface area contributed by atoms with E-state index in [9.17, 15) is 4.79 Å². The normalized spacial score (nSPS) is 15.9. The van der Waals surface area contributed by atoms with Crippen molar-refractivity contribution in [3.63, 3.8) is 0 Å². The second kappa shape index (κ2) is 9.83. The Labute approximate surface area is 230 Å². The van der Waals surface area contributed by atoms with E-state index in [1.165, 1.54) is 0 Å². The molecule has 13 nitrogen and oxygen atoms in total. The molecule has 1 aliphatic rings. The maximum atomic E-state index is 14.0. The number of H-pyrrole nitrogens is 1. The summed E-state index contributed by atoms with van der Waals surface area (Å²) >= 11 is 0. The molecule has 1 saturated heterocycles. The zero-order valence-electron chi connectivity index (χ0n) is 22.9. The first-order chi connectivity index (χ1) is 19.3. The summed E-state index contributed by atoms with van der Waals surface area (Å²) in [4.78, 5) is 26.9. The van der Waals surface area contributed by atoms with Gasteiger partial charge in [-0.1, -0.05) is 40.6 Å². The van der Waals surface area contributed by atoms with Crippen molar-refractivity contribution in [2.24, 2.45) is 12.8 Å². The van der Waals surface area contributed by atoms with Crippen LogP contribution in [0.15, 0.2) is 47.0 Å². The second-order valence-electron chi connectivity index (χ2n) is 10.3. The zero-order valence-corrected chi connectivity index (χ0v) is 22.9. The van der Waals surface area contributed by atoms with Crippen molar-refractivity contribution in [3.05, 3.63) is 65.3 Å². The molecule has 4 heterocycles. The van der Waals surface area contributed by atoms with Gasteiger partial charge in [0.1, 0.15) is 11.4 Å². The maximum absolute atomic E-state index is 14.0. The summed E-state index contributed by atoms with van der Waals surface area (Å²) in [7, 11) is 3.75. The first-order valence-electron chi connectivity index (χ1n) is 13.2. The minimum Gasteiger partial charge on any atom is -0.340 e. The van der Waals surface area contributed by atoms with Gasteiger partial charge >= 0.3 is 0 Å². The molecule has 1 amide bonds. The van der Waals surface area contributed by atoms with Crippen LogP contribution in [-0.4, -0.2) is 71.3 Å². The number of benzene rings is 2. The number of hydrogen-bond donors (Lipinski definition) is 2. The van der Waals surface area contributed by atoms with Crippen LogP contribution in [0.25, 0.3) is 22.4 Å². The highest BCUT2D eigenvalue weighted by atomic mass is 16.5. The molecular formula is C27H31N11O2. The average molecular weight is 542 g/mol. The number of rotatable bonds is 7. The molecule has 206 valence electrons. The highest BCUT2D eigenvalue weighted by molar-refractivity contribution is 5.92. The molecule has 13 heteroatoms. The van der Waals surface area contributed by atoms with Crippen LogP contribution in [0.1, 0.15) is 48.6 Å². The van der Waals surface area contributed by atoms with E-state index < -0.39 is 11.6 Å². The standard InChI is InChI=1S/C27H31N11O2/c1-16-29-23(33-40-16)18-9-7-17(8-10-18)22(28)24-30-20-15-19(11-12-21(20)36(24)3)27(2,25(39)38-13-5-6-14-38)37(4)26-31-34-35-32-26/h7-12,15,22H,5-6,13-14,28H2,1-4H3,(H,31,32,34,35). The number of fused-ring (bicyclic) bond motifs is 1. The fourth-order valence-corrected chi connectivity index (χ4v) is 5.39. The largest absolute Gasteiger partial charge is 0.340 e. The fourth-order valence-electron chi connectivity index (χ4n) is 5.39. The number of amides is 1. The van der Waals surface area contributed by atoms with Gasteiger partial charge in [-0.2, -0.15) is 10.2 Å². The first-order valence-corrected chi connectivity index (χ1v) is 13.2. The van der Waals surface area contributed by atoms with Crippen LogP contribution in [0, 0.1) is 6.92 Å². The van der Waals surface area contributed by atoms with E-state index >= 15 is 0 Å². The van der Waals surface area contributed by atoms with Crippen LogP contribution in [0.3, 0.4) is 0 Å². The second-order valence-corrected chi connectivity index (χ2v) is 10.3. The van der Waals surface area contributed by atoms with Crippen molar-refractivity contribution < 1.29 is 9.32 Å². The van der Waals surface area contributed by atoms with Gasteiger partial charge in [0, 0.05) is 39.7 Å². The van der Waals surface area contributed by atoms with Crippen LogP contribution >= 0.6 is 0 Å². The molecule has 0 spiro atoms. The van der Waals surface area contributed by atoms with Gasteiger partial charge in [0.25, 0.3) is 11.9 Å². The molecule has 0 radical (unpaired) electrons. The fraction of sp³-hybridized carbons (Fsp3) is 0.370. The molecule has 2 aromatic carbocycles. The molecule has 3 N–H and O–H groups in total. The smallest absolute Gasteiger partial charge is 0.266 e.